The average molecular weight is 262 g/mol. The van der Waals surface area contributed by atoms with Gasteiger partial charge in [-0.05, 0) is 12.1 Å². The largest absolute Gasteiger partial charge is 0.497 e. The molecule has 0 saturated carbocycles. The zero-order chi connectivity index (χ0) is 14.0. The fourth-order valence-electron chi connectivity index (χ4n) is 1.59. The summed E-state index contributed by atoms with van der Waals surface area (Å²) in [6.45, 7) is 0. The number of aromatic amines is 1. The van der Waals surface area contributed by atoms with Gasteiger partial charge >= 0.3 is 11.9 Å². The molecule has 0 aliphatic heterocycles. The Morgan fingerprint density at radius 1 is 1.26 bits per heavy atom. The number of aromatic carboxylic acids is 2. The molecule has 0 spiro atoms. The molecule has 98 valence electrons. The molecule has 0 unspecified atom stereocenters. The highest BCUT2D eigenvalue weighted by Gasteiger charge is 2.22. The van der Waals surface area contributed by atoms with Gasteiger partial charge in [0.1, 0.15) is 11.6 Å². The summed E-state index contributed by atoms with van der Waals surface area (Å²) in [5.74, 6) is -2.06. The second-order valence-electron chi connectivity index (χ2n) is 3.65. The standard InChI is InChI=1S/C12H10N2O5/c1-19-7-4-2-3-6(5-7)10-13-8(11(15)16)9(14-10)12(17)18/h2-5H,1H3,(H,13,14)(H,15,16)(H,17,18). The van der Waals surface area contributed by atoms with Gasteiger partial charge in [0.25, 0.3) is 0 Å². The molecule has 1 aromatic carbocycles. The minimum atomic E-state index is -1.40. The lowest BCUT2D eigenvalue weighted by molar-refractivity contribution is 0.0644. The fourth-order valence-corrected chi connectivity index (χ4v) is 1.59. The third-order valence-corrected chi connectivity index (χ3v) is 2.46. The fraction of sp³-hybridized carbons (Fsp3) is 0.0833. The van der Waals surface area contributed by atoms with Gasteiger partial charge in [-0.2, -0.15) is 0 Å². The minimum absolute atomic E-state index is 0.161. The number of methoxy groups -OCH3 is 1. The van der Waals surface area contributed by atoms with Crippen LogP contribution < -0.4 is 4.74 Å². The lowest BCUT2D eigenvalue weighted by atomic mass is 10.2. The third kappa shape index (κ3) is 2.39. The quantitative estimate of drug-likeness (QED) is 0.769. The van der Waals surface area contributed by atoms with Crippen LogP contribution in [-0.2, 0) is 0 Å². The first kappa shape index (κ1) is 12.6. The molecule has 0 bridgehead atoms. The summed E-state index contributed by atoms with van der Waals surface area (Å²) in [7, 11) is 1.49. The van der Waals surface area contributed by atoms with Crippen molar-refractivity contribution >= 4 is 11.9 Å². The molecule has 0 atom stereocenters. The van der Waals surface area contributed by atoms with Crippen LogP contribution in [0.15, 0.2) is 24.3 Å². The van der Waals surface area contributed by atoms with Gasteiger partial charge in [-0.25, -0.2) is 14.6 Å². The highest BCUT2D eigenvalue weighted by atomic mass is 16.5. The molecule has 2 aromatic rings. The molecule has 3 N–H and O–H groups in total. The van der Waals surface area contributed by atoms with Gasteiger partial charge in [0.05, 0.1) is 7.11 Å². The predicted octanol–water partition coefficient (Wildman–Crippen LogP) is 1.48. The van der Waals surface area contributed by atoms with Crippen molar-refractivity contribution in [2.75, 3.05) is 7.11 Å². The van der Waals surface area contributed by atoms with Crippen molar-refractivity contribution in [3.8, 4) is 17.1 Å². The Bertz CT molecular complexity index is 616. The molecule has 7 nitrogen and oxygen atoms in total. The summed E-state index contributed by atoms with van der Waals surface area (Å²) in [6, 6.07) is 6.69. The highest BCUT2D eigenvalue weighted by Crippen LogP contribution is 2.22. The van der Waals surface area contributed by atoms with E-state index in [1.165, 1.54) is 7.11 Å². The van der Waals surface area contributed by atoms with Crippen molar-refractivity contribution < 1.29 is 24.5 Å². The number of aromatic nitrogens is 2. The number of nitrogens with zero attached hydrogens (tertiary/aromatic N) is 1. The summed E-state index contributed by atoms with van der Waals surface area (Å²) < 4.78 is 5.03. The molecule has 1 heterocycles. The van der Waals surface area contributed by atoms with Crippen LogP contribution in [0.25, 0.3) is 11.4 Å². The number of carboxylic acids is 2. The van der Waals surface area contributed by atoms with E-state index in [-0.39, 0.29) is 5.82 Å². The van der Waals surface area contributed by atoms with Gasteiger partial charge in [0.2, 0.25) is 0 Å². The Labute approximate surface area is 107 Å². The Balaban J connectivity index is 2.53. The predicted molar refractivity (Wildman–Crippen MR) is 64.5 cm³/mol. The molecule has 0 aliphatic rings. The van der Waals surface area contributed by atoms with E-state index in [2.05, 4.69) is 9.97 Å². The third-order valence-electron chi connectivity index (χ3n) is 2.46. The number of benzene rings is 1. The topological polar surface area (TPSA) is 113 Å². The molecule has 0 radical (unpaired) electrons. The van der Waals surface area contributed by atoms with E-state index >= 15 is 0 Å². The monoisotopic (exact) mass is 262 g/mol. The van der Waals surface area contributed by atoms with Crippen molar-refractivity contribution in [2.45, 2.75) is 0 Å². The summed E-state index contributed by atoms with van der Waals surface area (Å²) in [5.41, 5.74) is -0.440. The second-order valence-corrected chi connectivity index (χ2v) is 3.65. The number of nitrogens with one attached hydrogen (secondary N) is 1. The number of carboxylic acid groups (broad SMARTS) is 2. The van der Waals surface area contributed by atoms with Crippen LogP contribution in [0, 0.1) is 0 Å². The van der Waals surface area contributed by atoms with Gasteiger partial charge in [-0.15, -0.1) is 0 Å². The zero-order valence-electron chi connectivity index (χ0n) is 9.88. The van der Waals surface area contributed by atoms with E-state index in [9.17, 15) is 9.59 Å². The first-order valence-electron chi connectivity index (χ1n) is 5.24. The number of rotatable bonds is 4. The van der Waals surface area contributed by atoms with E-state index in [0.29, 0.717) is 11.3 Å². The van der Waals surface area contributed by atoms with Crippen molar-refractivity contribution in [3.63, 3.8) is 0 Å². The molecule has 0 fully saturated rings. The van der Waals surface area contributed by atoms with Crippen LogP contribution in [0.4, 0.5) is 0 Å². The van der Waals surface area contributed by atoms with E-state index in [1.807, 2.05) is 0 Å². The van der Waals surface area contributed by atoms with E-state index in [1.54, 1.807) is 24.3 Å². The van der Waals surface area contributed by atoms with Crippen molar-refractivity contribution in [2.24, 2.45) is 0 Å². The van der Waals surface area contributed by atoms with E-state index in [0.717, 1.165) is 0 Å². The molecule has 19 heavy (non-hydrogen) atoms. The van der Waals surface area contributed by atoms with Crippen LogP contribution in [0.5, 0.6) is 5.75 Å². The molecular weight excluding hydrogens is 252 g/mol. The normalized spacial score (nSPS) is 10.2. The van der Waals surface area contributed by atoms with Crippen molar-refractivity contribution in [3.05, 3.63) is 35.7 Å². The van der Waals surface area contributed by atoms with E-state index in [4.69, 9.17) is 14.9 Å². The van der Waals surface area contributed by atoms with Gasteiger partial charge in [-0.3, -0.25) is 0 Å². The Morgan fingerprint density at radius 3 is 2.53 bits per heavy atom. The minimum Gasteiger partial charge on any atom is -0.497 e. The maximum atomic E-state index is 10.9. The first-order valence-corrected chi connectivity index (χ1v) is 5.24. The molecule has 2 rings (SSSR count). The van der Waals surface area contributed by atoms with Crippen molar-refractivity contribution in [1.29, 1.82) is 0 Å². The summed E-state index contributed by atoms with van der Waals surface area (Å²) in [5, 5.41) is 17.8. The maximum Gasteiger partial charge on any atom is 0.357 e. The molecule has 7 heteroatoms. The number of imidazole rings is 1. The maximum absolute atomic E-state index is 10.9. The second kappa shape index (κ2) is 4.81. The number of carbonyl (C=O) groups is 2. The average Bonchev–Trinajstić information content (AvgIpc) is 2.84. The number of H-pyrrole nitrogens is 1. The van der Waals surface area contributed by atoms with Crippen LogP contribution >= 0.6 is 0 Å². The molecule has 0 amide bonds. The molecule has 1 aromatic heterocycles. The van der Waals surface area contributed by atoms with Gasteiger partial charge in [0.15, 0.2) is 11.4 Å². The van der Waals surface area contributed by atoms with E-state index < -0.39 is 23.3 Å². The van der Waals surface area contributed by atoms with Crippen LogP contribution in [-0.4, -0.2) is 39.2 Å². The summed E-state index contributed by atoms with van der Waals surface area (Å²) in [6.07, 6.45) is 0. The van der Waals surface area contributed by atoms with Crippen molar-refractivity contribution in [1.82, 2.24) is 9.97 Å². The zero-order valence-corrected chi connectivity index (χ0v) is 9.88. The number of ether oxygens (including phenoxy) is 1. The lowest BCUT2D eigenvalue weighted by Crippen LogP contribution is -2.07. The number of hydrogen-bond acceptors (Lipinski definition) is 4. The summed E-state index contributed by atoms with van der Waals surface area (Å²) in [4.78, 5) is 28.1. The van der Waals surface area contributed by atoms with Crippen LogP contribution in [0.2, 0.25) is 0 Å². The van der Waals surface area contributed by atoms with Gasteiger partial charge < -0.3 is 19.9 Å². The van der Waals surface area contributed by atoms with Crippen LogP contribution in [0.3, 0.4) is 0 Å². The lowest BCUT2D eigenvalue weighted by Gasteiger charge is -2.01. The smallest absolute Gasteiger partial charge is 0.357 e. The number of hydrogen-bond donors (Lipinski definition) is 3. The molecular formula is C12H10N2O5. The van der Waals surface area contributed by atoms with Crippen LogP contribution in [0.1, 0.15) is 21.0 Å². The Morgan fingerprint density at radius 2 is 2.00 bits per heavy atom. The van der Waals surface area contributed by atoms with Gasteiger partial charge in [0, 0.05) is 5.56 Å². The summed E-state index contributed by atoms with van der Waals surface area (Å²) >= 11 is 0. The molecule has 0 aliphatic carbocycles. The molecule has 0 saturated heterocycles. The highest BCUT2D eigenvalue weighted by molar-refractivity contribution is 5.99. The Kier molecular flexibility index (Phi) is 3.19. The Hall–Kier alpha value is -2.83. The van der Waals surface area contributed by atoms with Gasteiger partial charge in [-0.1, -0.05) is 12.1 Å². The SMILES string of the molecule is COc1cccc(-c2nc(C(=O)O)c(C(=O)O)[nH]2)c1. The first-order chi connectivity index (χ1) is 9.02.